The molecular weight excluding hydrogens is 523 g/mol. The number of pyridine rings is 1. The van der Waals surface area contributed by atoms with Crippen LogP contribution in [-0.2, 0) is 14.9 Å². The van der Waals surface area contributed by atoms with Crippen molar-refractivity contribution < 1.29 is 22.7 Å². The van der Waals surface area contributed by atoms with Crippen molar-refractivity contribution in [2.45, 2.75) is 81.3 Å². The standard InChI is InChI=1S/C28H30F3N7O2/c1-16-13-37(25(39)27-9-19(10-27)22(40-27)28(29,30)31)17(2)12-36(16)23-21-24(35-15-34-23)38(14-26(21)5-3-6-26)20-8-18(11-32)4-7-33-20/h4,7-8,15-17,19,22H,3,5-6,9-10,12-14H2,1-2H3/t16-,17+,19?,22+,27?/m0/s1. The van der Waals surface area contributed by atoms with Crippen LogP contribution in [0.3, 0.4) is 0 Å². The number of anilines is 3. The van der Waals surface area contributed by atoms with E-state index in [1.807, 2.05) is 13.8 Å². The summed E-state index contributed by atoms with van der Waals surface area (Å²) in [7, 11) is 0. The Balaban J connectivity index is 1.17. The molecule has 12 heteroatoms. The third kappa shape index (κ3) is 3.56. The number of piperazine rings is 1. The number of aromatic nitrogens is 3. The van der Waals surface area contributed by atoms with Crippen molar-refractivity contribution in [2.24, 2.45) is 5.92 Å². The molecule has 1 spiro atoms. The van der Waals surface area contributed by atoms with Crippen molar-refractivity contribution in [2.75, 3.05) is 29.4 Å². The zero-order valence-corrected chi connectivity index (χ0v) is 22.4. The first-order chi connectivity index (χ1) is 19.1. The van der Waals surface area contributed by atoms with Gasteiger partial charge in [0.15, 0.2) is 6.10 Å². The molecule has 6 aliphatic rings. The van der Waals surface area contributed by atoms with Gasteiger partial charge in [-0.25, -0.2) is 15.0 Å². The molecule has 1 amide bonds. The van der Waals surface area contributed by atoms with E-state index in [-0.39, 0.29) is 36.2 Å². The number of ether oxygens (including phenoxy) is 1. The number of amides is 1. The monoisotopic (exact) mass is 553 g/mol. The minimum atomic E-state index is -4.45. The lowest BCUT2D eigenvalue weighted by molar-refractivity contribution is -0.218. The zero-order valence-electron chi connectivity index (χ0n) is 22.4. The number of carbonyl (C=O) groups excluding carboxylic acids is 1. The number of fused-ring (bicyclic) bond motifs is 3. The molecule has 210 valence electrons. The summed E-state index contributed by atoms with van der Waals surface area (Å²) in [6.45, 7) is 5.53. The molecule has 3 atom stereocenters. The molecule has 40 heavy (non-hydrogen) atoms. The van der Waals surface area contributed by atoms with E-state index < -0.39 is 23.8 Å². The molecule has 0 N–H and O–H groups in total. The lowest BCUT2D eigenvalue weighted by Gasteiger charge is -2.49. The van der Waals surface area contributed by atoms with Crippen LogP contribution >= 0.6 is 0 Å². The summed E-state index contributed by atoms with van der Waals surface area (Å²) in [6.07, 6.45) is 0.256. The Morgan fingerprint density at radius 1 is 1.12 bits per heavy atom. The Labute approximate surface area is 229 Å². The Hall–Kier alpha value is -3.46. The minimum absolute atomic E-state index is 0.113. The summed E-state index contributed by atoms with van der Waals surface area (Å²) >= 11 is 0. The quantitative estimate of drug-likeness (QED) is 0.566. The first-order valence-corrected chi connectivity index (χ1v) is 13.9. The summed E-state index contributed by atoms with van der Waals surface area (Å²) in [5, 5.41) is 9.41. The van der Waals surface area contributed by atoms with Gasteiger partial charge in [-0.05, 0) is 51.7 Å². The van der Waals surface area contributed by atoms with E-state index in [1.165, 1.54) is 0 Å². The molecule has 0 radical (unpaired) electrons. The maximum absolute atomic E-state index is 13.6. The number of nitriles is 1. The molecule has 8 rings (SSSR count). The van der Waals surface area contributed by atoms with Crippen molar-refractivity contribution in [3.63, 3.8) is 0 Å². The molecule has 9 nitrogen and oxygen atoms in total. The number of carbonyl (C=O) groups is 1. The van der Waals surface area contributed by atoms with Gasteiger partial charge in [0.25, 0.3) is 5.91 Å². The lowest BCUT2D eigenvalue weighted by Crippen LogP contribution is -2.64. The van der Waals surface area contributed by atoms with Gasteiger partial charge in [0.2, 0.25) is 0 Å². The van der Waals surface area contributed by atoms with E-state index in [1.54, 1.807) is 29.6 Å². The van der Waals surface area contributed by atoms with Crippen LogP contribution in [0.2, 0.25) is 0 Å². The van der Waals surface area contributed by atoms with Crippen molar-refractivity contribution in [1.82, 2.24) is 19.9 Å². The van der Waals surface area contributed by atoms with Crippen LogP contribution in [0.4, 0.5) is 30.6 Å². The molecule has 0 unspecified atom stereocenters. The number of hydrogen-bond donors (Lipinski definition) is 0. The molecule has 2 bridgehead atoms. The van der Waals surface area contributed by atoms with E-state index in [2.05, 4.69) is 25.8 Å². The Bertz CT molecular complexity index is 1420. The van der Waals surface area contributed by atoms with E-state index in [0.717, 1.165) is 36.5 Å². The molecule has 4 aliphatic heterocycles. The second-order valence-corrected chi connectivity index (χ2v) is 12.2. The largest absolute Gasteiger partial charge is 0.414 e. The summed E-state index contributed by atoms with van der Waals surface area (Å²) in [5.74, 6) is 1.35. The van der Waals surface area contributed by atoms with Crippen LogP contribution in [0, 0.1) is 17.2 Å². The molecule has 3 saturated heterocycles. The summed E-state index contributed by atoms with van der Waals surface area (Å²) in [6, 6.07) is 5.29. The van der Waals surface area contributed by atoms with Gasteiger partial charge in [0.05, 0.1) is 11.6 Å². The van der Waals surface area contributed by atoms with Crippen LogP contribution in [0.25, 0.3) is 0 Å². The average Bonchev–Trinajstić information content (AvgIpc) is 3.58. The highest BCUT2D eigenvalue weighted by Crippen LogP contribution is 2.58. The fourth-order valence-corrected chi connectivity index (χ4v) is 7.52. The molecular formula is C28H30F3N7O2. The maximum Gasteiger partial charge on any atom is 0.414 e. The van der Waals surface area contributed by atoms with Gasteiger partial charge in [0.1, 0.15) is 29.4 Å². The van der Waals surface area contributed by atoms with Gasteiger partial charge in [-0.2, -0.15) is 18.4 Å². The maximum atomic E-state index is 13.6. The van der Waals surface area contributed by atoms with Gasteiger partial charge < -0.3 is 19.4 Å². The van der Waals surface area contributed by atoms with E-state index >= 15 is 0 Å². The second kappa shape index (κ2) is 8.52. The summed E-state index contributed by atoms with van der Waals surface area (Å²) in [4.78, 5) is 33.6. The molecule has 6 heterocycles. The van der Waals surface area contributed by atoms with Crippen LogP contribution in [0.5, 0.6) is 0 Å². The van der Waals surface area contributed by atoms with Crippen molar-refractivity contribution in [1.29, 1.82) is 5.26 Å². The molecule has 2 aromatic rings. The predicted octanol–water partition coefficient (Wildman–Crippen LogP) is 3.85. The van der Waals surface area contributed by atoms with Crippen molar-refractivity contribution >= 4 is 23.4 Å². The fraction of sp³-hybridized carbons (Fsp3) is 0.607. The number of nitrogens with zero attached hydrogens (tertiary/aromatic N) is 7. The predicted molar refractivity (Wildman–Crippen MR) is 138 cm³/mol. The highest BCUT2D eigenvalue weighted by atomic mass is 19.4. The smallest absolute Gasteiger partial charge is 0.352 e. The first kappa shape index (κ1) is 25.5. The molecule has 2 aliphatic carbocycles. The van der Waals surface area contributed by atoms with Gasteiger partial charge in [-0.3, -0.25) is 4.79 Å². The van der Waals surface area contributed by atoms with Crippen LogP contribution in [-0.4, -0.2) is 75.4 Å². The van der Waals surface area contributed by atoms with Crippen molar-refractivity contribution in [3.8, 4) is 6.07 Å². The normalized spacial score (nSPS) is 31.9. The number of alkyl halides is 3. The van der Waals surface area contributed by atoms with Gasteiger partial charge in [-0.1, -0.05) is 6.42 Å². The van der Waals surface area contributed by atoms with Crippen LogP contribution < -0.4 is 9.80 Å². The fourth-order valence-electron chi connectivity index (χ4n) is 7.52. The first-order valence-electron chi connectivity index (χ1n) is 13.9. The van der Waals surface area contributed by atoms with Crippen molar-refractivity contribution in [3.05, 3.63) is 35.8 Å². The average molecular weight is 554 g/mol. The van der Waals surface area contributed by atoms with Gasteiger partial charge >= 0.3 is 6.18 Å². The third-order valence-electron chi connectivity index (χ3n) is 9.71. The van der Waals surface area contributed by atoms with E-state index in [4.69, 9.17) is 9.72 Å². The molecule has 2 saturated carbocycles. The molecule has 2 aromatic heterocycles. The zero-order chi connectivity index (χ0) is 28.0. The lowest BCUT2D eigenvalue weighted by atomic mass is 9.66. The second-order valence-electron chi connectivity index (χ2n) is 12.2. The van der Waals surface area contributed by atoms with Crippen LogP contribution in [0.15, 0.2) is 24.7 Å². The van der Waals surface area contributed by atoms with E-state index in [9.17, 15) is 23.2 Å². The number of rotatable bonds is 3. The van der Waals surface area contributed by atoms with Gasteiger partial charge in [0, 0.05) is 54.8 Å². The Morgan fingerprint density at radius 2 is 1.88 bits per heavy atom. The summed E-state index contributed by atoms with van der Waals surface area (Å²) < 4.78 is 45.5. The molecule has 5 fully saturated rings. The highest BCUT2D eigenvalue weighted by molar-refractivity contribution is 5.88. The van der Waals surface area contributed by atoms with Gasteiger partial charge in [-0.15, -0.1) is 0 Å². The summed E-state index contributed by atoms with van der Waals surface area (Å²) in [5.41, 5.74) is 0.148. The Kier molecular flexibility index (Phi) is 5.43. The molecule has 0 aromatic carbocycles. The number of hydrogen-bond acceptors (Lipinski definition) is 8. The minimum Gasteiger partial charge on any atom is -0.352 e. The SMILES string of the molecule is C[C@@H]1CN(c2ncnc3c2C2(CCC2)CN3c2cc(C#N)ccn2)[C@@H](C)CN1C(=O)C12CC(C1)[C@H](C(F)(F)F)O2. The highest BCUT2D eigenvalue weighted by Gasteiger charge is 2.69. The number of halogens is 3. The van der Waals surface area contributed by atoms with Crippen LogP contribution in [0.1, 0.15) is 57.1 Å². The third-order valence-corrected chi connectivity index (χ3v) is 9.71. The van der Waals surface area contributed by atoms with E-state index in [0.29, 0.717) is 31.0 Å². The Morgan fingerprint density at radius 3 is 2.52 bits per heavy atom. The topological polar surface area (TPSA) is 98.5 Å².